The molecule has 0 fully saturated rings. The van der Waals surface area contributed by atoms with E-state index in [-0.39, 0.29) is 6.61 Å². The summed E-state index contributed by atoms with van der Waals surface area (Å²) in [6.07, 6.45) is 0.399. The van der Waals surface area contributed by atoms with E-state index in [1.165, 1.54) is 0 Å². The van der Waals surface area contributed by atoms with E-state index in [2.05, 4.69) is 16.1 Å². The van der Waals surface area contributed by atoms with Gasteiger partial charge in [0.1, 0.15) is 12.2 Å². The lowest BCUT2D eigenvalue weighted by atomic mass is 10.3. The molecule has 0 N–H and O–H groups in total. The third kappa shape index (κ3) is 4.05. The summed E-state index contributed by atoms with van der Waals surface area (Å²) in [7, 11) is 0. The van der Waals surface area contributed by atoms with Gasteiger partial charge < -0.3 is 9.47 Å². The van der Waals surface area contributed by atoms with Crippen molar-refractivity contribution < 1.29 is 23.9 Å². The van der Waals surface area contributed by atoms with E-state index in [1.54, 1.807) is 6.92 Å². The van der Waals surface area contributed by atoms with Crippen molar-refractivity contribution in [3.63, 3.8) is 0 Å². The zero-order chi connectivity index (χ0) is 10.3. The molecule has 0 aliphatic rings. The Balaban J connectivity index is 4.02. The molecule has 0 aromatic rings. The molecule has 0 spiro atoms. The first-order valence-corrected chi connectivity index (χ1v) is 3.60. The van der Waals surface area contributed by atoms with Gasteiger partial charge in [0, 0.05) is 0 Å². The molecule has 0 aromatic carbocycles. The largest absolute Gasteiger partial charge is 0.462 e. The van der Waals surface area contributed by atoms with Crippen LogP contribution in [0.5, 0.6) is 0 Å². The van der Waals surface area contributed by atoms with Crippen molar-refractivity contribution in [1.29, 1.82) is 0 Å². The van der Waals surface area contributed by atoms with E-state index in [1.807, 2.05) is 0 Å². The summed E-state index contributed by atoms with van der Waals surface area (Å²) >= 11 is 0. The first kappa shape index (κ1) is 11.4. The highest BCUT2D eigenvalue weighted by Crippen LogP contribution is 1.97. The fourth-order valence-corrected chi connectivity index (χ4v) is 0.498. The lowest BCUT2D eigenvalue weighted by molar-refractivity contribution is -0.148. The molecule has 0 radical (unpaired) electrons. The minimum Gasteiger partial charge on any atom is -0.462 e. The van der Waals surface area contributed by atoms with Gasteiger partial charge in [0.05, 0.1) is 6.61 Å². The third-order valence-corrected chi connectivity index (χ3v) is 1.05. The number of aldehydes is 1. The van der Waals surface area contributed by atoms with Crippen molar-refractivity contribution in [2.24, 2.45) is 0 Å². The van der Waals surface area contributed by atoms with Crippen molar-refractivity contribution >= 4 is 18.2 Å². The van der Waals surface area contributed by atoms with Crippen LogP contribution in [-0.4, -0.2) is 31.4 Å². The fraction of sp³-hybridized carbons (Fsp3) is 0.375. The van der Waals surface area contributed by atoms with Gasteiger partial charge in [-0.05, 0) is 6.92 Å². The first-order chi connectivity index (χ1) is 6.13. The van der Waals surface area contributed by atoms with Gasteiger partial charge in [-0.1, -0.05) is 6.58 Å². The Morgan fingerprint density at radius 1 is 1.31 bits per heavy atom. The summed E-state index contributed by atoms with van der Waals surface area (Å²) in [4.78, 5) is 31.5. The van der Waals surface area contributed by atoms with Crippen LogP contribution in [0.4, 0.5) is 0 Å². The quantitative estimate of drug-likeness (QED) is 0.196. The van der Waals surface area contributed by atoms with E-state index >= 15 is 0 Å². The number of carbonyl (C=O) groups excluding carboxylic acids is 3. The highest BCUT2D eigenvalue weighted by atomic mass is 16.6. The van der Waals surface area contributed by atoms with E-state index in [4.69, 9.17) is 0 Å². The second-order valence-corrected chi connectivity index (χ2v) is 1.96. The Bertz CT molecular complexity index is 231. The lowest BCUT2D eigenvalue weighted by Gasteiger charge is -2.03. The second-order valence-electron chi connectivity index (χ2n) is 1.96. The van der Waals surface area contributed by atoms with E-state index in [0.29, 0.717) is 6.29 Å². The van der Waals surface area contributed by atoms with Crippen molar-refractivity contribution in [1.82, 2.24) is 0 Å². The molecule has 5 heteroatoms. The minimum absolute atomic E-state index is 0.152. The van der Waals surface area contributed by atoms with Crippen LogP contribution in [0.15, 0.2) is 12.2 Å². The molecule has 0 heterocycles. The van der Waals surface area contributed by atoms with Crippen LogP contribution in [0.25, 0.3) is 0 Å². The van der Waals surface area contributed by atoms with Crippen molar-refractivity contribution in [3.05, 3.63) is 12.2 Å². The summed E-state index contributed by atoms with van der Waals surface area (Å²) in [6, 6.07) is 0. The van der Waals surface area contributed by atoms with Crippen LogP contribution in [0.3, 0.4) is 0 Å². The summed E-state index contributed by atoms with van der Waals surface area (Å²) in [6.45, 7) is 4.52. The van der Waals surface area contributed by atoms with Crippen molar-refractivity contribution in [3.8, 4) is 0 Å². The first-order valence-electron chi connectivity index (χ1n) is 3.60. The zero-order valence-electron chi connectivity index (χ0n) is 7.24. The molecule has 0 unspecified atom stereocenters. The summed E-state index contributed by atoms with van der Waals surface area (Å²) in [5, 5.41) is 0. The number of rotatable bonds is 5. The van der Waals surface area contributed by atoms with Crippen molar-refractivity contribution in [2.45, 2.75) is 6.92 Å². The summed E-state index contributed by atoms with van der Waals surface area (Å²) < 4.78 is 8.79. The Kier molecular flexibility index (Phi) is 5.18. The third-order valence-electron chi connectivity index (χ3n) is 1.05. The van der Waals surface area contributed by atoms with Gasteiger partial charge in [-0.2, -0.15) is 0 Å². The predicted molar refractivity (Wildman–Crippen MR) is 42.8 cm³/mol. The SMILES string of the molecule is C=C(C(=O)OCC)C(=O)OCC=O. The lowest BCUT2D eigenvalue weighted by Crippen LogP contribution is -2.18. The monoisotopic (exact) mass is 186 g/mol. The molecule has 72 valence electrons. The number of ether oxygens (including phenoxy) is 2. The Morgan fingerprint density at radius 3 is 2.31 bits per heavy atom. The van der Waals surface area contributed by atoms with Crippen LogP contribution in [0, 0.1) is 0 Å². The second kappa shape index (κ2) is 5.93. The van der Waals surface area contributed by atoms with Crippen LogP contribution in [0.1, 0.15) is 6.92 Å². The molecule has 0 rings (SSSR count). The molecule has 0 saturated heterocycles. The Hall–Kier alpha value is -1.65. The molecule has 0 bridgehead atoms. The van der Waals surface area contributed by atoms with Gasteiger partial charge in [-0.3, -0.25) is 4.79 Å². The normalized spacial score (nSPS) is 8.69. The summed E-state index contributed by atoms with van der Waals surface area (Å²) in [5.74, 6) is -1.77. The molecular weight excluding hydrogens is 176 g/mol. The molecule has 0 aliphatic carbocycles. The summed E-state index contributed by atoms with van der Waals surface area (Å²) in [5.41, 5.74) is -0.413. The van der Waals surface area contributed by atoms with Gasteiger partial charge in [0.15, 0.2) is 6.29 Å². The molecule has 0 saturated carbocycles. The van der Waals surface area contributed by atoms with Gasteiger partial charge in [-0.25, -0.2) is 9.59 Å². The van der Waals surface area contributed by atoms with Crippen LogP contribution in [-0.2, 0) is 23.9 Å². The van der Waals surface area contributed by atoms with Gasteiger partial charge in [0.2, 0.25) is 0 Å². The van der Waals surface area contributed by atoms with Crippen molar-refractivity contribution in [2.75, 3.05) is 13.2 Å². The smallest absolute Gasteiger partial charge is 0.345 e. The number of hydrogen-bond acceptors (Lipinski definition) is 5. The van der Waals surface area contributed by atoms with Gasteiger partial charge in [0.25, 0.3) is 0 Å². The number of esters is 2. The number of hydrogen-bond donors (Lipinski definition) is 0. The maximum atomic E-state index is 10.8. The Labute approximate surface area is 75.3 Å². The molecule has 0 amide bonds. The standard InChI is InChI=1S/C8H10O5/c1-3-12-7(10)6(2)8(11)13-5-4-9/h4H,2-3,5H2,1H3. The highest BCUT2D eigenvalue weighted by Gasteiger charge is 2.17. The predicted octanol–water partition coefficient (Wildman–Crippen LogP) is -0.152. The van der Waals surface area contributed by atoms with E-state index in [0.717, 1.165) is 0 Å². The maximum Gasteiger partial charge on any atom is 0.345 e. The van der Waals surface area contributed by atoms with Gasteiger partial charge in [-0.15, -0.1) is 0 Å². The number of carbonyl (C=O) groups is 3. The fourth-order valence-electron chi connectivity index (χ4n) is 0.498. The molecule has 5 nitrogen and oxygen atoms in total. The van der Waals surface area contributed by atoms with Gasteiger partial charge >= 0.3 is 11.9 Å². The molecular formula is C8H10O5. The van der Waals surface area contributed by atoms with E-state index < -0.39 is 24.1 Å². The molecule has 13 heavy (non-hydrogen) atoms. The van der Waals surface area contributed by atoms with Crippen LogP contribution in [0.2, 0.25) is 0 Å². The molecule has 0 aromatic heterocycles. The Morgan fingerprint density at radius 2 is 1.85 bits per heavy atom. The average molecular weight is 186 g/mol. The maximum absolute atomic E-state index is 10.8. The zero-order valence-corrected chi connectivity index (χ0v) is 7.24. The highest BCUT2D eigenvalue weighted by molar-refractivity contribution is 6.13. The minimum atomic E-state index is -0.939. The average Bonchev–Trinajstić information content (AvgIpc) is 2.13. The molecule has 0 aliphatic heterocycles. The van der Waals surface area contributed by atoms with Crippen LogP contribution < -0.4 is 0 Å². The van der Waals surface area contributed by atoms with E-state index in [9.17, 15) is 14.4 Å². The topological polar surface area (TPSA) is 69.7 Å². The molecule has 0 atom stereocenters. The van der Waals surface area contributed by atoms with Crippen LogP contribution >= 0.6 is 0 Å².